The number of anilines is 2. The van der Waals surface area contributed by atoms with Crippen molar-refractivity contribution in [2.45, 2.75) is 25.8 Å². The number of para-hydroxylation sites is 3. The molecule has 0 spiro atoms. The first-order valence-corrected chi connectivity index (χ1v) is 8.10. The molecule has 1 atom stereocenters. The van der Waals surface area contributed by atoms with E-state index in [0.717, 1.165) is 5.69 Å². The normalized spacial score (nSPS) is 17.0. The lowest BCUT2D eigenvalue weighted by Gasteiger charge is -2.24. The fraction of sp³-hybridized carbons (Fsp3) is 0.263. The van der Waals surface area contributed by atoms with Gasteiger partial charge in [-0.1, -0.05) is 30.3 Å². The van der Waals surface area contributed by atoms with Crippen molar-refractivity contribution in [1.29, 1.82) is 0 Å². The lowest BCUT2D eigenvalue weighted by atomic mass is 10.1. The Morgan fingerprint density at radius 1 is 1.17 bits per heavy atom. The van der Waals surface area contributed by atoms with E-state index in [4.69, 9.17) is 4.74 Å². The average molecular weight is 324 g/mol. The number of nitrogens with zero attached hydrogens (tertiary/aromatic N) is 1. The van der Waals surface area contributed by atoms with Crippen LogP contribution in [0.25, 0.3) is 0 Å². The number of carbonyl (C=O) groups is 2. The van der Waals surface area contributed by atoms with Crippen LogP contribution in [0.15, 0.2) is 54.6 Å². The minimum atomic E-state index is -0.505. The molecule has 2 amide bonds. The highest BCUT2D eigenvalue weighted by Crippen LogP contribution is 2.29. The van der Waals surface area contributed by atoms with Crippen LogP contribution < -0.4 is 15.0 Å². The standard InChI is InChI=1S/C19H20N2O3/c1-2-24-17-11-7-6-10-15(17)20-19(23)16-12-13-18(22)21(16)14-8-4-3-5-9-14/h3-11,16H,2,12-13H2,1H3,(H,20,23). The Balaban J connectivity index is 1.81. The highest BCUT2D eigenvalue weighted by molar-refractivity contribution is 6.07. The minimum absolute atomic E-state index is 0.0283. The third-order valence-electron chi connectivity index (χ3n) is 3.99. The van der Waals surface area contributed by atoms with Gasteiger partial charge in [0.15, 0.2) is 0 Å². The van der Waals surface area contributed by atoms with E-state index in [1.807, 2.05) is 55.5 Å². The summed E-state index contributed by atoms with van der Waals surface area (Å²) in [6.07, 6.45) is 0.885. The summed E-state index contributed by atoms with van der Waals surface area (Å²) in [7, 11) is 0. The molecule has 1 aliphatic heterocycles. The largest absolute Gasteiger partial charge is 0.492 e. The lowest BCUT2D eigenvalue weighted by molar-refractivity contribution is -0.120. The van der Waals surface area contributed by atoms with E-state index in [1.54, 1.807) is 11.0 Å². The zero-order valence-corrected chi connectivity index (χ0v) is 13.6. The number of amides is 2. The summed E-state index contributed by atoms with van der Waals surface area (Å²) in [5.41, 5.74) is 1.37. The van der Waals surface area contributed by atoms with Gasteiger partial charge < -0.3 is 10.1 Å². The van der Waals surface area contributed by atoms with Crippen molar-refractivity contribution in [3.8, 4) is 5.75 Å². The number of carbonyl (C=O) groups excluding carboxylic acids is 2. The van der Waals surface area contributed by atoms with Gasteiger partial charge in [-0.05, 0) is 37.6 Å². The summed E-state index contributed by atoms with van der Waals surface area (Å²) < 4.78 is 5.54. The van der Waals surface area contributed by atoms with Crippen LogP contribution in [0.5, 0.6) is 5.75 Å². The second kappa shape index (κ2) is 7.17. The number of nitrogens with one attached hydrogen (secondary N) is 1. The van der Waals surface area contributed by atoms with E-state index in [2.05, 4.69) is 5.32 Å². The highest BCUT2D eigenvalue weighted by atomic mass is 16.5. The summed E-state index contributed by atoms with van der Waals surface area (Å²) in [4.78, 5) is 26.6. The molecular weight excluding hydrogens is 304 g/mol. The molecule has 1 fully saturated rings. The Bertz CT molecular complexity index is 730. The van der Waals surface area contributed by atoms with Crippen LogP contribution in [0.3, 0.4) is 0 Å². The Hall–Kier alpha value is -2.82. The van der Waals surface area contributed by atoms with Crippen LogP contribution in [0.2, 0.25) is 0 Å². The maximum Gasteiger partial charge on any atom is 0.247 e. The Morgan fingerprint density at radius 2 is 1.88 bits per heavy atom. The van der Waals surface area contributed by atoms with Crippen LogP contribution >= 0.6 is 0 Å². The molecule has 0 aliphatic carbocycles. The van der Waals surface area contributed by atoms with Gasteiger partial charge >= 0.3 is 0 Å². The van der Waals surface area contributed by atoms with Crippen molar-refractivity contribution >= 4 is 23.2 Å². The van der Waals surface area contributed by atoms with Gasteiger partial charge in [-0.25, -0.2) is 0 Å². The smallest absolute Gasteiger partial charge is 0.247 e. The molecule has 1 aliphatic rings. The number of rotatable bonds is 5. The fourth-order valence-corrected chi connectivity index (χ4v) is 2.91. The third kappa shape index (κ3) is 3.25. The van der Waals surface area contributed by atoms with Crippen molar-refractivity contribution in [3.05, 3.63) is 54.6 Å². The van der Waals surface area contributed by atoms with E-state index in [1.165, 1.54) is 0 Å². The molecule has 124 valence electrons. The Morgan fingerprint density at radius 3 is 2.62 bits per heavy atom. The molecule has 0 saturated carbocycles. The maximum atomic E-state index is 12.7. The summed E-state index contributed by atoms with van der Waals surface area (Å²) >= 11 is 0. The van der Waals surface area contributed by atoms with Crippen LogP contribution in [0.1, 0.15) is 19.8 Å². The van der Waals surface area contributed by atoms with E-state index in [0.29, 0.717) is 30.9 Å². The Kier molecular flexibility index (Phi) is 4.79. The van der Waals surface area contributed by atoms with Crippen LogP contribution in [0, 0.1) is 0 Å². The molecule has 0 aromatic heterocycles. The number of ether oxygens (including phenoxy) is 1. The summed E-state index contributed by atoms with van der Waals surface area (Å²) in [6.45, 7) is 2.41. The topological polar surface area (TPSA) is 58.6 Å². The third-order valence-corrected chi connectivity index (χ3v) is 3.99. The van der Waals surface area contributed by atoms with Crippen LogP contribution in [-0.4, -0.2) is 24.5 Å². The van der Waals surface area contributed by atoms with Gasteiger partial charge in [-0.2, -0.15) is 0 Å². The molecule has 1 heterocycles. The average Bonchev–Trinajstić information content (AvgIpc) is 2.99. The summed E-state index contributed by atoms with van der Waals surface area (Å²) in [5, 5.41) is 2.90. The van der Waals surface area contributed by atoms with Crippen molar-refractivity contribution in [2.75, 3.05) is 16.8 Å². The number of hydrogen-bond donors (Lipinski definition) is 1. The molecule has 0 radical (unpaired) electrons. The molecule has 3 rings (SSSR count). The summed E-state index contributed by atoms with van der Waals surface area (Å²) in [6, 6.07) is 16.1. The van der Waals surface area contributed by atoms with E-state index in [9.17, 15) is 9.59 Å². The molecule has 0 bridgehead atoms. The van der Waals surface area contributed by atoms with Crippen molar-refractivity contribution in [3.63, 3.8) is 0 Å². The maximum absolute atomic E-state index is 12.7. The second-order valence-electron chi connectivity index (χ2n) is 5.57. The first kappa shape index (κ1) is 16.1. The second-order valence-corrected chi connectivity index (χ2v) is 5.57. The number of benzene rings is 2. The van der Waals surface area contributed by atoms with Crippen LogP contribution in [0.4, 0.5) is 11.4 Å². The minimum Gasteiger partial charge on any atom is -0.492 e. The van der Waals surface area contributed by atoms with E-state index in [-0.39, 0.29) is 11.8 Å². The van der Waals surface area contributed by atoms with Gasteiger partial charge in [-0.15, -0.1) is 0 Å². The molecule has 1 N–H and O–H groups in total. The molecule has 5 heteroatoms. The monoisotopic (exact) mass is 324 g/mol. The first-order chi connectivity index (χ1) is 11.7. The van der Waals surface area contributed by atoms with Gasteiger partial charge in [0.1, 0.15) is 11.8 Å². The van der Waals surface area contributed by atoms with E-state index >= 15 is 0 Å². The van der Waals surface area contributed by atoms with Gasteiger partial charge in [0.2, 0.25) is 11.8 Å². The molecule has 24 heavy (non-hydrogen) atoms. The van der Waals surface area contributed by atoms with Crippen molar-refractivity contribution < 1.29 is 14.3 Å². The zero-order chi connectivity index (χ0) is 16.9. The van der Waals surface area contributed by atoms with Crippen molar-refractivity contribution in [1.82, 2.24) is 0 Å². The Labute approximate surface area is 141 Å². The quantitative estimate of drug-likeness (QED) is 0.918. The fourth-order valence-electron chi connectivity index (χ4n) is 2.91. The zero-order valence-electron chi connectivity index (χ0n) is 13.6. The van der Waals surface area contributed by atoms with Gasteiger partial charge in [0.05, 0.1) is 12.3 Å². The summed E-state index contributed by atoms with van der Waals surface area (Å²) in [5.74, 6) is 0.403. The predicted molar refractivity (Wildman–Crippen MR) is 93.2 cm³/mol. The lowest BCUT2D eigenvalue weighted by Crippen LogP contribution is -2.41. The van der Waals surface area contributed by atoms with Gasteiger partial charge in [0, 0.05) is 12.1 Å². The SMILES string of the molecule is CCOc1ccccc1NC(=O)C1CCC(=O)N1c1ccccc1. The molecule has 2 aromatic carbocycles. The molecular formula is C19H20N2O3. The number of hydrogen-bond acceptors (Lipinski definition) is 3. The van der Waals surface area contributed by atoms with Crippen LogP contribution in [-0.2, 0) is 9.59 Å². The predicted octanol–water partition coefficient (Wildman–Crippen LogP) is 3.22. The van der Waals surface area contributed by atoms with Crippen molar-refractivity contribution in [2.24, 2.45) is 0 Å². The first-order valence-electron chi connectivity index (χ1n) is 8.10. The van der Waals surface area contributed by atoms with Gasteiger partial charge in [-0.3, -0.25) is 14.5 Å². The molecule has 2 aromatic rings. The molecule has 1 saturated heterocycles. The molecule has 1 unspecified atom stereocenters. The van der Waals surface area contributed by atoms with E-state index < -0.39 is 6.04 Å². The molecule has 5 nitrogen and oxygen atoms in total. The van der Waals surface area contributed by atoms with Gasteiger partial charge in [0.25, 0.3) is 0 Å². The highest BCUT2D eigenvalue weighted by Gasteiger charge is 2.37.